The fraction of sp³-hybridized carbons (Fsp3) is 0.846. The smallest absolute Gasteiger partial charge is 0.141 e. The van der Waals surface area contributed by atoms with Gasteiger partial charge in [0.25, 0.3) is 0 Å². The molecule has 0 aromatic carbocycles. The Labute approximate surface area is 110 Å². The molecule has 0 bridgehead atoms. The predicted molar refractivity (Wildman–Crippen MR) is 72.3 cm³/mol. The van der Waals surface area contributed by atoms with E-state index in [2.05, 4.69) is 34.1 Å². The molecule has 5 nitrogen and oxygen atoms in total. The number of aromatic nitrogens is 3. The van der Waals surface area contributed by atoms with Crippen molar-refractivity contribution in [1.29, 1.82) is 0 Å². The Kier molecular flexibility index (Phi) is 4.72. The Bertz CT molecular complexity index is 358. The van der Waals surface area contributed by atoms with Gasteiger partial charge in [-0.15, -0.1) is 0 Å². The highest BCUT2D eigenvalue weighted by molar-refractivity contribution is 4.88. The molecule has 1 saturated heterocycles. The van der Waals surface area contributed by atoms with E-state index < -0.39 is 0 Å². The fourth-order valence-corrected chi connectivity index (χ4v) is 2.77. The van der Waals surface area contributed by atoms with Crippen molar-refractivity contribution in [2.24, 2.45) is 5.92 Å². The van der Waals surface area contributed by atoms with Gasteiger partial charge in [0.15, 0.2) is 0 Å². The lowest BCUT2D eigenvalue weighted by atomic mass is 9.98. The normalized spacial score (nSPS) is 21.7. The molecule has 1 fully saturated rings. The van der Waals surface area contributed by atoms with Gasteiger partial charge in [-0.25, -0.2) is 9.67 Å². The van der Waals surface area contributed by atoms with Gasteiger partial charge in [-0.05, 0) is 52.7 Å². The highest BCUT2D eigenvalue weighted by atomic mass is 15.4. The summed E-state index contributed by atoms with van der Waals surface area (Å²) in [6, 6.07) is 0.389. The Morgan fingerprint density at radius 1 is 1.50 bits per heavy atom. The first kappa shape index (κ1) is 13.5. The number of nitrogens with zero attached hydrogens (tertiary/aromatic N) is 4. The first-order valence-corrected chi connectivity index (χ1v) is 6.96. The Morgan fingerprint density at radius 2 is 2.33 bits per heavy atom. The molecule has 102 valence electrons. The summed E-state index contributed by atoms with van der Waals surface area (Å²) in [7, 11) is 2.04. The van der Waals surface area contributed by atoms with E-state index in [4.69, 9.17) is 0 Å². The van der Waals surface area contributed by atoms with Crippen molar-refractivity contribution in [1.82, 2.24) is 25.0 Å². The molecule has 1 unspecified atom stereocenters. The van der Waals surface area contributed by atoms with Crippen LogP contribution in [-0.2, 0) is 6.54 Å². The molecular formula is C13H25N5. The molecule has 1 aliphatic heterocycles. The molecule has 1 N–H and O–H groups in total. The summed E-state index contributed by atoms with van der Waals surface area (Å²) in [6.07, 6.45) is 4.31. The van der Waals surface area contributed by atoms with Crippen LogP contribution in [0.5, 0.6) is 0 Å². The maximum Gasteiger partial charge on any atom is 0.141 e. The molecule has 2 rings (SSSR count). The molecule has 2 heterocycles. The van der Waals surface area contributed by atoms with E-state index in [1.54, 1.807) is 6.33 Å². The topological polar surface area (TPSA) is 46.0 Å². The van der Waals surface area contributed by atoms with Crippen LogP contribution < -0.4 is 5.32 Å². The summed E-state index contributed by atoms with van der Waals surface area (Å²) in [4.78, 5) is 6.91. The first-order chi connectivity index (χ1) is 8.70. The fourth-order valence-electron chi connectivity index (χ4n) is 2.77. The zero-order valence-corrected chi connectivity index (χ0v) is 11.8. The third kappa shape index (κ3) is 3.29. The Hall–Kier alpha value is -0.940. The number of likely N-dealkylation sites (tertiary alicyclic amines) is 1. The van der Waals surface area contributed by atoms with Gasteiger partial charge in [-0.3, -0.25) is 4.90 Å². The largest absolute Gasteiger partial charge is 0.319 e. The van der Waals surface area contributed by atoms with Gasteiger partial charge in [0.05, 0.1) is 6.54 Å². The van der Waals surface area contributed by atoms with E-state index in [-0.39, 0.29) is 0 Å². The van der Waals surface area contributed by atoms with Crippen molar-refractivity contribution in [3.63, 3.8) is 0 Å². The van der Waals surface area contributed by atoms with Gasteiger partial charge in [0.2, 0.25) is 0 Å². The molecule has 0 radical (unpaired) electrons. The molecule has 0 amide bonds. The summed E-state index contributed by atoms with van der Waals surface area (Å²) >= 11 is 0. The minimum absolute atomic E-state index is 0.389. The Balaban J connectivity index is 1.94. The molecule has 0 saturated carbocycles. The zero-order chi connectivity index (χ0) is 13.0. The summed E-state index contributed by atoms with van der Waals surface area (Å²) < 4.78 is 2.03. The van der Waals surface area contributed by atoms with Crippen LogP contribution in [0.15, 0.2) is 6.33 Å². The minimum atomic E-state index is 0.389. The number of hydrogen-bond acceptors (Lipinski definition) is 4. The maximum atomic E-state index is 4.40. The lowest BCUT2D eigenvalue weighted by Crippen LogP contribution is -2.39. The van der Waals surface area contributed by atoms with E-state index in [1.165, 1.54) is 25.9 Å². The third-order valence-electron chi connectivity index (χ3n) is 3.60. The monoisotopic (exact) mass is 251 g/mol. The van der Waals surface area contributed by atoms with Crippen molar-refractivity contribution in [3.05, 3.63) is 12.2 Å². The van der Waals surface area contributed by atoms with Crippen LogP contribution in [0.4, 0.5) is 0 Å². The lowest BCUT2D eigenvalue weighted by molar-refractivity contribution is 0.160. The quantitative estimate of drug-likeness (QED) is 0.856. The maximum absolute atomic E-state index is 4.40. The molecule has 1 aromatic rings. The van der Waals surface area contributed by atoms with E-state index >= 15 is 0 Å². The molecule has 0 aliphatic carbocycles. The second-order valence-corrected chi connectivity index (χ2v) is 5.52. The van der Waals surface area contributed by atoms with Crippen LogP contribution in [-0.4, -0.2) is 46.3 Å². The van der Waals surface area contributed by atoms with Gasteiger partial charge >= 0.3 is 0 Å². The number of nitrogens with one attached hydrogen (secondary N) is 1. The standard InChI is InChI=1S/C13H25N5/c1-11(2)18-13(15-10-16-18)9-17-6-4-5-12(8-17)7-14-3/h10-12,14H,4-9H2,1-3H3. The summed E-state index contributed by atoms with van der Waals surface area (Å²) in [5.41, 5.74) is 0. The summed E-state index contributed by atoms with van der Waals surface area (Å²) in [6.45, 7) is 8.71. The molecule has 18 heavy (non-hydrogen) atoms. The van der Waals surface area contributed by atoms with E-state index in [9.17, 15) is 0 Å². The summed E-state index contributed by atoms with van der Waals surface area (Å²) in [5, 5.41) is 7.59. The van der Waals surface area contributed by atoms with Crippen LogP contribution in [0.3, 0.4) is 0 Å². The first-order valence-electron chi connectivity index (χ1n) is 6.96. The van der Waals surface area contributed by atoms with Gasteiger partial charge in [-0.1, -0.05) is 0 Å². The van der Waals surface area contributed by atoms with Gasteiger partial charge in [0.1, 0.15) is 12.2 Å². The predicted octanol–water partition coefficient (Wildman–Crippen LogP) is 1.29. The Morgan fingerprint density at radius 3 is 3.06 bits per heavy atom. The minimum Gasteiger partial charge on any atom is -0.319 e. The molecule has 1 aliphatic rings. The second-order valence-electron chi connectivity index (χ2n) is 5.52. The van der Waals surface area contributed by atoms with Gasteiger partial charge < -0.3 is 5.32 Å². The third-order valence-corrected chi connectivity index (χ3v) is 3.60. The molecule has 1 aromatic heterocycles. The van der Waals surface area contributed by atoms with Crippen molar-refractivity contribution >= 4 is 0 Å². The second kappa shape index (κ2) is 6.29. The lowest BCUT2D eigenvalue weighted by Gasteiger charge is -2.32. The average molecular weight is 251 g/mol. The number of rotatable bonds is 5. The van der Waals surface area contributed by atoms with E-state index in [1.807, 2.05) is 11.7 Å². The van der Waals surface area contributed by atoms with Crippen LogP contribution >= 0.6 is 0 Å². The number of hydrogen-bond donors (Lipinski definition) is 1. The van der Waals surface area contributed by atoms with Crippen LogP contribution in [0.25, 0.3) is 0 Å². The SMILES string of the molecule is CNCC1CCCN(Cc2ncnn2C(C)C)C1. The highest BCUT2D eigenvalue weighted by Crippen LogP contribution is 2.18. The zero-order valence-electron chi connectivity index (χ0n) is 11.8. The summed E-state index contributed by atoms with van der Waals surface area (Å²) in [5.74, 6) is 1.87. The molecule has 5 heteroatoms. The van der Waals surface area contributed by atoms with Crippen molar-refractivity contribution in [3.8, 4) is 0 Å². The highest BCUT2D eigenvalue weighted by Gasteiger charge is 2.21. The van der Waals surface area contributed by atoms with Crippen molar-refractivity contribution in [2.75, 3.05) is 26.7 Å². The van der Waals surface area contributed by atoms with Crippen LogP contribution in [0.1, 0.15) is 38.6 Å². The van der Waals surface area contributed by atoms with Crippen molar-refractivity contribution in [2.45, 2.75) is 39.3 Å². The van der Waals surface area contributed by atoms with Crippen LogP contribution in [0, 0.1) is 5.92 Å². The molecule has 1 atom stereocenters. The van der Waals surface area contributed by atoms with Crippen LogP contribution in [0.2, 0.25) is 0 Å². The average Bonchev–Trinajstić information content (AvgIpc) is 2.78. The van der Waals surface area contributed by atoms with E-state index in [0.717, 1.165) is 24.8 Å². The molecule has 0 spiro atoms. The van der Waals surface area contributed by atoms with E-state index in [0.29, 0.717) is 6.04 Å². The van der Waals surface area contributed by atoms with Gasteiger partial charge in [-0.2, -0.15) is 5.10 Å². The number of piperidine rings is 1. The molecular weight excluding hydrogens is 226 g/mol. The van der Waals surface area contributed by atoms with Crippen molar-refractivity contribution < 1.29 is 0 Å². The van der Waals surface area contributed by atoms with Gasteiger partial charge in [0, 0.05) is 12.6 Å².